The van der Waals surface area contributed by atoms with E-state index in [4.69, 9.17) is 0 Å². The smallest absolute Gasteiger partial charge is 0.406 e. The summed E-state index contributed by atoms with van der Waals surface area (Å²) in [5, 5.41) is 12.4. The fourth-order valence-corrected chi connectivity index (χ4v) is 3.07. The molecule has 2 aromatic rings. The van der Waals surface area contributed by atoms with Crippen LogP contribution in [0.4, 0.5) is 24.7 Å². The van der Waals surface area contributed by atoms with Crippen LogP contribution in [0.5, 0.6) is 5.75 Å². The number of halogens is 3. The molecule has 0 unspecified atom stereocenters. The van der Waals surface area contributed by atoms with Crippen LogP contribution in [0.3, 0.4) is 0 Å². The average molecular weight is 435 g/mol. The first-order valence-corrected chi connectivity index (χ1v) is 9.39. The van der Waals surface area contributed by atoms with E-state index < -0.39 is 24.1 Å². The third-order valence-electron chi connectivity index (χ3n) is 4.46. The van der Waals surface area contributed by atoms with Crippen molar-refractivity contribution in [2.75, 3.05) is 23.3 Å². The van der Waals surface area contributed by atoms with Crippen molar-refractivity contribution < 1.29 is 32.6 Å². The second-order valence-electron chi connectivity index (χ2n) is 7.00. The summed E-state index contributed by atoms with van der Waals surface area (Å²) in [6.45, 7) is 2.38. The number of carbonyl (C=O) groups excluding carboxylic acids is 2. The van der Waals surface area contributed by atoms with Gasteiger partial charge in [0.2, 0.25) is 0 Å². The minimum Gasteiger partial charge on any atom is -0.406 e. The van der Waals surface area contributed by atoms with Crippen LogP contribution in [-0.2, 0) is 4.79 Å². The van der Waals surface area contributed by atoms with Crippen molar-refractivity contribution in [3.05, 3.63) is 53.7 Å². The molecule has 1 aromatic heterocycles. The van der Waals surface area contributed by atoms with Crippen LogP contribution < -0.4 is 15.0 Å². The van der Waals surface area contributed by atoms with E-state index in [2.05, 4.69) is 15.0 Å². The molecule has 1 amide bonds. The van der Waals surface area contributed by atoms with Gasteiger partial charge in [0.25, 0.3) is 5.91 Å². The number of aromatic nitrogens is 1. The Kier molecular flexibility index (Phi) is 6.59. The Balaban J connectivity index is 1.79. The molecule has 2 heterocycles. The molecule has 1 aliphatic heterocycles. The molecule has 1 aliphatic rings. The van der Waals surface area contributed by atoms with Crippen molar-refractivity contribution in [1.29, 1.82) is 0 Å². The Morgan fingerprint density at radius 2 is 2.00 bits per heavy atom. The Bertz CT molecular complexity index is 990. The zero-order chi connectivity index (χ0) is 22.6. The summed E-state index contributed by atoms with van der Waals surface area (Å²) in [6, 6.07) is 6.29. The van der Waals surface area contributed by atoms with Gasteiger partial charge in [0.05, 0.1) is 11.7 Å². The lowest BCUT2D eigenvalue weighted by Gasteiger charge is -2.19. The lowest BCUT2D eigenvalue weighted by molar-refractivity contribution is -0.274. The Hall–Kier alpha value is -3.40. The van der Waals surface area contributed by atoms with Gasteiger partial charge in [0.15, 0.2) is 5.78 Å². The summed E-state index contributed by atoms with van der Waals surface area (Å²) >= 11 is 0. The number of allylic oxidation sites excluding steroid dienone is 1. The van der Waals surface area contributed by atoms with Crippen LogP contribution in [0.25, 0.3) is 6.08 Å². The van der Waals surface area contributed by atoms with Gasteiger partial charge < -0.3 is 20.1 Å². The van der Waals surface area contributed by atoms with Crippen LogP contribution >= 0.6 is 0 Å². The van der Waals surface area contributed by atoms with Crippen LogP contribution in [0, 0.1) is 0 Å². The average Bonchev–Trinajstić information content (AvgIpc) is 3.12. The first kappa shape index (κ1) is 22.3. The van der Waals surface area contributed by atoms with Crippen LogP contribution in [0.15, 0.2) is 42.6 Å². The highest BCUT2D eigenvalue weighted by Crippen LogP contribution is 2.26. The van der Waals surface area contributed by atoms with Gasteiger partial charge in [-0.2, -0.15) is 0 Å². The van der Waals surface area contributed by atoms with E-state index in [0.29, 0.717) is 30.9 Å². The molecule has 10 heteroatoms. The summed E-state index contributed by atoms with van der Waals surface area (Å²) < 4.78 is 40.5. The zero-order valence-electron chi connectivity index (χ0n) is 16.5. The van der Waals surface area contributed by atoms with Crippen LogP contribution in [0.2, 0.25) is 0 Å². The lowest BCUT2D eigenvalue weighted by Crippen LogP contribution is -2.23. The van der Waals surface area contributed by atoms with Gasteiger partial charge >= 0.3 is 6.36 Å². The molecule has 0 radical (unpaired) electrons. The molecule has 2 N–H and O–H groups in total. The predicted molar refractivity (Wildman–Crippen MR) is 108 cm³/mol. The lowest BCUT2D eigenvalue weighted by atomic mass is 10.1. The second kappa shape index (κ2) is 9.17. The number of alkyl halides is 3. The zero-order valence-corrected chi connectivity index (χ0v) is 16.5. The molecule has 1 atom stereocenters. The number of aliphatic hydroxyl groups is 1. The van der Waals surface area contributed by atoms with Crippen LogP contribution in [-0.4, -0.2) is 47.3 Å². The summed E-state index contributed by atoms with van der Waals surface area (Å²) in [5.74, 6) is -0.564. The van der Waals surface area contributed by atoms with E-state index in [9.17, 15) is 27.9 Å². The molecule has 1 aromatic carbocycles. The van der Waals surface area contributed by atoms with Crippen molar-refractivity contribution in [2.45, 2.75) is 25.8 Å². The molecule has 7 nitrogen and oxygen atoms in total. The minimum atomic E-state index is -4.80. The monoisotopic (exact) mass is 435 g/mol. The maximum atomic E-state index is 12.6. The van der Waals surface area contributed by atoms with E-state index in [1.54, 1.807) is 12.1 Å². The fraction of sp³-hybridized carbons (Fsp3) is 0.286. The Morgan fingerprint density at radius 3 is 2.58 bits per heavy atom. The molecule has 0 saturated carbocycles. The Labute approximate surface area is 176 Å². The number of pyridine rings is 1. The van der Waals surface area contributed by atoms with Crippen LogP contribution in [0.1, 0.15) is 29.3 Å². The molecule has 31 heavy (non-hydrogen) atoms. The summed E-state index contributed by atoms with van der Waals surface area (Å²) in [4.78, 5) is 30.2. The van der Waals surface area contributed by atoms with Crippen molar-refractivity contribution in [3.63, 3.8) is 0 Å². The number of carbonyl (C=O) groups is 2. The maximum Gasteiger partial charge on any atom is 0.573 e. The molecule has 3 rings (SSSR count). The summed E-state index contributed by atoms with van der Waals surface area (Å²) in [7, 11) is 0. The number of hydrogen-bond acceptors (Lipinski definition) is 6. The second-order valence-corrected chi connectivity index (χ2v) is 7.00. The highest BCUT2D eigenvalue weighted by molar-refractivity contribution is 6.05. The highest BCUT2D eigenvalue weighted by atomic mass is 19.4. The fourth-order valence-electron chi connectivity index (χ4n) is 3.07. The van der Waals surface area contributed by atoms with E-state index in [1.165, 1.54) is 31.3 Å². The topological polar surface area (TPSA) is 91.8 Å². The van der Waals surface area contributed by atoms with Crippen molar-refractivity contribution in [2.24, 2.45) is 0 Å². The summed E-state index contributed by atoms with van der Waals surface area (Å²) in [5.41, 5.74) is 1.00. The van der Waals surface area contributed by atoms with Gasteiger partial charge in [-0.05, 0) is 55.8 Å². The number of hydrogen-bond donors (Lipinski definition) is 2. The molecule has 0 bridgehead atoms. The van der Waals surface area contributed by atoms with Gasteiger partial charge in [-0.15, -0.1) is 13.2 Å². The molecular formula is C21H20F3N3O4. The molecule has 0 spiro atoms. The third-order valence-corrected chi connectivity index (χ3v) is 4.46. The normalized spacial score (nSPS) is 16.5. The molecule has 1 fully saturated rings. The molecule has 164 valence electrons. The number of amides is 1. The van der Waals surface area contributed by atoms with Gasteiger partial charge in [-0.25, -0.2) is 4.98 Å². The first-order chi connectivity index (χ1) is 14.6. The Morgan fingerprint density at radius 1 is 1.29 bits per heavy atom. The standard InChI is InChI=1S/C21H20F3N3O4/c1-13(28)2-3-14-10-15(11-25-19(14)27-9-8-17(29)12-27)20(30)26-16-4-6-18(7-5-16)31-21(22,23)24/h2-7,10-11,17,29H,8-9,12H2,1H3,(H,26,30)/b3-2+/t17-/m1/s1. The number of benzene rings is 1. The quantitative estimate of drug-likeness (QED) is 0.676. The van der Waals surface area contributed by atoms with Gasteiger partial charge in [-0.1, -0.05) is 0 Å². The number of anilines is 2. The van der Waals surface area contributed by atoms with Crippen molar-refractivity contribution in [1.82, 2.24) is 4.98 Å². The van der Waals surface area contributed by atoms with E-state index in [-0.39, 0.29) is 17.0 Å². The number of aliphatic hydroxyl groups excluding tert-OH is 1. The number of nitrogens with zero attached hydrogens (tertiary/aromatic N) is 2. The maximum absolute atomic E-state index is 12.6. The van der Waals surface area contributed by atoms with Gasteiger partial charge in [-0.3, -0.25) is 9.59 Å². The molecule has 0 aliphatic carbocycles. The van der Waals surface area contributed by atoms with Crippen molar-refractivity contribution in [3.8, 4) is 5.75 Å². The molecular weight excluding hydrogens is 415 g/mol. The number of ketones is 1. The predicted octanol–water partition coefficient (Wildman–Crippen LogP) is 3.41. The number of ether oxygens (including phenoxy) is 1. The number of nitrogens with one attached hydrogen (secondary N) is 1. The largest absolute Gasteiger partial charge is 0.573 e. The number of rotatable bonds is 6. The number of β-amino-alcohol motifs (C(OH)–C–C–N with tert-alkyl or cyclic N) is 1. The molecule has 1 saturated heterocycles. The SMILES string of the molecule is CC(=O)/C=C/c1cc(C(=O)Nc2ccc(OC(F)(F)F)cc2)cnc1N1CC[C@@H](O)C1. The third kappa shape index (κ3) is 6.29. The van der Waals surface area contributed by atoms with E-state index in [1.807, 2.05) is 4.90 Å². The van der Waals surface area contributed by atoms with E-state index >= 15 is 0 Å². The summed E-state index contributed by atoms with van der Waals surface area (Å²) in [6.07, 6.45) is -0.412. The van der Waals surface area contributed by atoms with E-state index in [0.717, 1.165) is 12.1 Å². The minimum absolute atomic E-state index is 0.177. The first-order valence-electron chi connectivity index (χ1n) is 9.39. The van der Waals surface area contributed by atoms with Gasteiger partial charge in [0, 0.05) is 30.5 Å². The van der Waals surface area contributed by atoms with Gasteiger partial charge in [0.1, 0.15) is 11.6 Å². The van der Waals surface area contributed by atoms with Crippen molar-refractivity contribution >= 4 is 29.3 Å². The highest BCUT2D eigenvalue weighted by Gasteiger charge is 2.31.